The number of rotatable bonds is 8. The van der Waals surface area contributed by atoms with Crippen LogP contribution in [0.15, 0.2) is 24.0 Å². The molecule has 0 amide bonds. The van der Waals surface area contributed by atoms with Crippen molar-refractivity contribution in [2.24, 2.45) is 0 Å². The van der Waals surface area contributed by atoms with Gasteiger partial charge >= 0.3 is 5.97 Å². The minimum atomic E-state index is -3.37. The van der Waals surface area contributed by atoms with Crippen molar-refractivity contribution >= 4 is 39.9 Å². The van der Waals surface area contributed by atoms with Crippen LogP contribution in [0.25, 0.3) is 10.8 Å². The zero-order valence-corrected chi connectivity index (χ0v) is 26.8. The summed E-state index contributed by atoms with van der Waals surface area (Å²) in [6.07, 6.45) is -3.16. The van der Waals surface area contributed by atoms with Gasteiger partial charge in [0.15, 0.2) is 5.76 Å². The molecule has 2 aliphatic carbocycles. The van der Waals surface area contributed by atoms with E-state index < -0.39 is 93.6 Å². The summed E-state index contributed by atoms with van der Waals surface area (Å²) in [5, 5.41) is 23.2. The summed E-state index contributed by atoms with van der Waals surface area (Å²) < 4.78 is 44.2. The Balaban J connectivity index is 1.76. The second kappa shape index (κ2) is 12.1. The first-order chi connectivity index (χ1) is 22.2. The molecule has 5 unspecified atom stereocenters. The molecule has 0 spiro atoms. The maximum Gasteiger partial charge on any atom is 0.341 e. The molecule has 1 saturated heterocycles. The van der Waals surface area contributed by atoms with Crippen LogP contribution in [0.3, 0.4) is 0 Å². The normalized spacial score (nSPS) is 30.5. The van der Waals surface area contributed by atoms with Crippen LogP contribution >= 0.6 is 0 Å². The summed E-state index contributed by atoms with van der Waals surface area (Å²) in [6.45, 7) is 3.17. The van der Waals surface area contributed by atoms with Gasteiger partial charge in [0, 0.05) is 45.5 Å². The van der Waals surface area contributed by atoms with Crippen LogP contribution in [0.2, 0.25) is 0 Å². The van der Waals surface area contributed by atoms with Crippen molar-refractivity contribution in [1.29, 1.82) is 0 Å². The van der Waals surface area contributed by atoms with Crippen LogP contribution in [-0.4, -0.2) is 124 Å². The van der Waals surface area contributed by atoms with Crippen molar-refractivity contribution in [3.05, 3.63) is 46.2 Å². The molecule has 0 saturated carbocycles. The van der Waals surface area contributed by atoms with Gasteiger partial charge in [-0.15, -0.1) is 0 Å². The van der Waals surface area contributed by atoms with Gasteiger partial charge in [-0.05, 0) is 36.9 Å². The number of carbonyl (C=O) groups excluding carboxylic acids is 5. The Morgan fingerprint density at radius 2 is 1.53 bits per heavy atom. The van der Waals surface area contributed by atoms with Crippen molar-refractivity contribution < 1.29 is 72.1 Å². The number of aliphatic hydroxyl groups is 1. The molecule has 2 aromatic carbocycles. The molecule has 3 aliphatic rings. The van der Waals surface area contributed by atoms with E-state index in [1.165, 1.54) is 34.3 Å². The lowest BCUT2D eigenvalue weighted by molar-refractivity contribution is -0.282. The molecule has 15 nitrogen and oxygen atoms in total. The third kappa shape index (κ3) is 4.45. The molecular formula is C32H34O15. The summed E-state index contributed by atoms with van der Waals surface area (Å²) in [5.41, 5.74) is -7.84. The first kappa shape index (κ1) is 34.1. The van der Waals surface area contributed by atoms with Gasteiger partial charge in [-0.2, -0.15) is 0 Å². The maximum absolute atomic E-state index is 14.1. The monoisotopic (exact) mass is 658 g/mol. The number of phenols is 1. The molecule has 5 rings (SSSR count). The predicted octanol–water partition coefficient (Wildman–Crippen LogP) is 0.986. The first-order valence-electron chi connectivity index (χ1n) is 14.3. The Bertz CT molecular complexity index is 1740. The minimum Gasteiger partial charge on any atom is -0.507 e. The average Bonchev–Trinajstić information content (AvgIpc) is 3.04. The van der Waals surface area contributed by atoms with Crippen molar-refractivity contribution in [1.82, 2.24) is 0 Å². The summed E-state index contributed by atoms with van der Waals surface area (Å²) in [6, 6.07) is 2.41. The zero-order valence-electron chi connectivity index (χ0n) is 26.8. The van der Waals surface area contributed by atoms with Crippen LogP contribution in [0, 0.1) is 6.92 Å². The van der Waals surface area contributed by atoms with Crippen LogP contribution in [0.4, 0.5) is 0 Å². The van der Waals surface area contributed by atoms with Crippen molar-refractivity contribution in [3.63, 3.8) is 0 Å². The van der Waals surface area contributed by atoms with E-state index in [1.54, 1.807) is 6.92 Å². The standard InChI is InChI=1S/C32H34O15/c1-12-19-14(10-16(20(12)29(38)44-7)47-30-25(43-6)24(42-5)23(41-4)13(2)46-30)9-15-21(22(19)34)28(37)32(45-8)18(33)11-17(40-3)27(36)31(32,39)26(15)35/h9-11,13,23-25,30,34,39H,1-8H3/t13?,23?,24?,25?,30?,31-,32-/m1/s1. The number of aromatic hydroxyl groups is 1. The quantitative estimate of drug-likeness (QED) is 0.300. The fraction of sp³-hybridized carbons (Fsp3) is 0.469. The molecule has 2 N–H and O–H groups in total. The molecule has 0 aromatic heterocycles. The fourth-order valence-electron chi connectivity index (χ4n) is 6.82. The smallest absolute Gasteiger partial charge is 0.341 e. The molecule has 0 radical (unpaired) electrons. The van der Waals surface area contributed by atoms with Crippen LogP contribution in [0.5, 0.6) is 11.5 Å². The van der Waals surface area contributed by atoms with Crippen molar-refractivity contribution in [3.8, 4) is 11.5 Å². The number of aryl methyl sites for hydroxylation is 1. The number of fused-ring (bicyclic) bond motifs is 3. The average molecular weight is 659 g/mol. The lowest BCUT2D eigenvalue weighted by Gasteiger charge is -2.46. The number of methoxy groups -OCH3 is 6. The molecule has 252 valence electrons. The highest BCUT2D eigenvalue weighted by molar-refractivity contribution is 6.43. The van der Waals surface area contributed by atoms with E-state index in [2.05, 4.69) is 0 Å². The number of hydrogen-bond acceptors (Lipinski definition) is 15. The highest BCUT2D eigenvalue weighted by Crippen LogP contribution is 2.49. The van der Waals surface area contributed by atoms with Gasteiger partial charge in [0.1, 0.15) is 35.4 Å². The molecule has 1 aliphatic heterocycles. The Kier molecular flexibility index (Phi) is 8.76. The Labute approximate surface area is 268 Å². The third-order valence-corrected chi connectivity index (χ3v) is 9.11. The Morgan fingerprint density at radius 1 is 0.894 bits per heavy atom. The molecule has 1 fully saturated rings. The van der Waals surface area contributed by atoms with Gasteiger partial charge in [0.2, 0.25) is 40.6 Å². The van der Waals surface area contributed by atoms with Crippen molar-refractivity contribution in [2.45, 2.75) is 55.8 Å². The highest BCUT2D eigenvalue weighted by atomic mass is 16.7. The molecule has 15 heteroatoms. The summed E-state index contributed by atoms with van der Waals surface area (Å²) in [4.78, 5) is 68.0. The van der Waals surface area contributed by atoms with Gasteiger partial charge in [-0.25, -0.2) is 4.79 Å². The molecular weight excluding hydrogens is 624 g/mol. The predicted molar refractivity (Wildman–Crippen MR) is 158 cm³/mol. The van der Waals surface area contributed by atoms with E-state index in [0.717, 1.165) is 27.4 Å². The molecule has 7 atom stereocenters. The summed E-state index contributed by atoms with van der Waals surface area (Å²) in [7, 11) is 7.39. The SMILES string of the molecule is COC(=O)c1c(OC2OC(C)C(OC)C(OC)C2OC)cc2cc3c(c(O)c2c1C)C(=O)[C@]1(OC)C(=O)C=C(OC)C(=O)[C@]1(O)C3=O. The third-order valence-electron chi connectivity index (χ3n) is 9.11. The number of esters is 1. The molecule has 1 heterocycles. The van der Waals surface area contributed by atoms with E-state index in [-0.39, 0.29) is 27.6 Å². The highest BCUT2D eigenvalue weighted by Gasteiger charge is 2.75. The number of Topliss-reactive ketones (excluding diaryl/α,β-unsaturated/α-hetero) is 3. The van der Waals surface area contributed by atoms with Gasteiger partial charge in [-0.3, -0.25) is 19.2 Å². The number of hydrogen-bond donors (Lipinski definition) is 2. The lowest BCUT2D eigenvalue weighted by atomic mass is 9.60. The zero-order chi connectivity index (χ0) is 34.7. The topological polar surface area (TPSA) is 200 Å². The fourth-order valence-corrected chi connectivity index (χ4v) is 6.82. The van der Waals surface area contributed by atoms with E-state index in [0.29, 0.717) is 6.08 Å². The number of ketones is 4. The Morgan fingerprint density at radius 3 is 2.09 bits per heavy atom. The maximum atomic E-state index is 14.1. The first-order valence-corrected chi connectivity index (χ1v) is 14.3. The summed E-state index contributed by atoms with van der Waals surface area (Å²) in [5.74, 6) is -7.89. The van der Waals surface area contributed by atoms with E-state index in [4.69, 9.17) is 37.9 Å². The van der Waals surface area contributed by atoms with Crippen LogP contribution in [0.1, 0.15) is 43.6 Å². The molecule has 0 bridgehead atoms. The molecule has 2 aromatic rings. The van der Waals surface area contributed by atoms with Gasteiger partial charge in [-0.1, -0.05) is 0 Å². The van der Waals surface area contributed by atoms with Gasteiger partial charge in [0.05, 0.1) is 25.9 Å². The number of ether oxygens (including phenoxy) is 8. The van der Waals surface area contributed by atoms with Crippen LogP contribution in [-0.2, 0) is 42.7 Å². The number of phenolic OH excluding ortho intramolecular Hbond substituents is 1. The number of benzene rings is 2. The Hall–Kier alpha value is -4.25. The summed E-state index contributed by atoms with van der Waals surface area (Å²) >= 11 is 0. The van der Waals surface area contributed by atoms with Crippen LogP contribution < -0.4 is 4.74 Å². The minimum absolute atomic E-state index is 0.0454. The van der Waals surface area contributed by atoms with Gasteiger partial charge in [0.25, 0.3) is 0 Å². The second-order valence-corrected chi connectivity index (χ2v) is 11.2. The van der Waals surface area contributed by atoms with Crippen molar-refractivity contribution in [2.75, 3.05) is 42.7 Å². The number of carbonyl (C=O) groups is 5. The molecule has 47 heavy (non-hydrogen) atoms. The largest absolute Gasteiger partial charge is 0.507 e. The second-order valence-electron chi connectivity index (χ2n) is 11.2. The lowest BCUT2D eigenvalue weighted by Crippen LogP contribution is -2.76. The van der Waals surface area contributed by atoms with E-state index in [1.807, 2.05) is 0 Å². The van der Waals surface area contributed by atoms with E-state index in [9.17, 15) is 34.2 Å². The van der Waals surface area contributed by atoms with E-state index >= 15 is 0 Å². The van der Waals surface area contributed by atoms with Gasteiger partial charge < -0.3 is 48.1 Å².